The summed E-state index contributed by atoms with van der Waals surface area (Å²) in [4.78, 5) is 0. The molecule has 18 heavy (non-hydrogen) atoms. The second-order valence-corrected chi connectivity index (χ2v) is 7.63. The van der Waals surface area contributed by atoms with E-state index in [4.69, 9.17) is 14.2 Å². The number of thioether (sulfide) groups is 2. The monoisotopic (exact) mass is 290 g/mol. The summed E-state index contributed by atoms with van der Waals surface area (Å²) in [5.41, 5.74) is 0. The van der Waals surface area contributed by atoms with E-state index in [1.54, 1.807) is 0 Å². The maximum Gasteiger partial charge on any atom is 0.190 e. The van der Waals surface area contributed by atoms with E-state index in [1.807, 2.05) is 43.4 Å². The molecule has 3 heterocycles. The van der Waals surface area contributed by atoms with Gasteiger partial charge in [-0.3, -0.25) is 0 Å². The minimum atomic E-state index is -0.664. The zero-order valence-electron chi connectivity index (χ0n) is 10.5. The van der Waals surface area contributed by atoms with Gasteiger partial charge in [-0.15, -0.1) is 23.5 Å². The maximum atomic E-state index is 10.2. The zero-order chi connectivity index (χ0) is 12.8. The highest BCUT2D eigenvalue weighted by molar-refractivity contribution is 8.22. The molecule has 0 bridgehead atoms. The van der Waals surface area contributed by atoms with Crippen molar-refractivity contribution in [3.8, 4) is 0 Å². The lowest BCUT2D eigenvalue weighted by Crippen LogP contribution is -2.33. The van der Waals surface area contributed by atoms with Gasteiger partial charge in [0, 0.05) is 4.24 Å². The number of fused-ring (bicyclic) bond motifs is 1. The third-order valence-corrected chi connectivity index (χ3v) is 5.66. The highest BCUT2D eigenvalue weighted by atomic mass is 32.2. The Bertz CT molecular complexity index is 350. The fraction of sp³-hybridized carbons (Fsp3) is 0.833. The lowest BCUT2D eigenvalue weighted by atomic mass is 10.1. The molecule has 0 aromatic heterocycles. The molecular weight excluding hydrogens is 272 g/mol. The average Bonchev–Trinajstić information content (AvgIpc) is 2.76. The quantitative estimate of drug-likeness (QED) is 0.796. The molecule has 0 aromatic carbocycles. The SMILES string of the molecule is CC1(C)O[C@H]2O[C@H](C=C3SCCCS3)[C@H](O)[C@H]2O1. The second-order valence-electron chi connectivity index (χ2n) is 5.10. The average molecular weight is 290 g/mol. The normalized spacial score (nSPS) is 42.9. The number of aliphatic hydroxyl groups excluding tert-OH is 1. The van der Waals surface area contributed by atoms with E-state index in [-0.39, 0.29) is 12.2 Å². The lowest BCUT2D eigenvalue weighted by Gasteiger charge is -2.22. The van der Waals surface area contributed by atoms with Crippen molar-refractivity contribution >= 4 is 23.5 Å². The van der Waals surface area contributed by atoms with E-state index in [0.29, 0.717) is 0 Å². The first kappa shape index (κ1) is 13.3. The van der Waals surface area contributed by atoms with Crippen LogP contribution in [0.5, 0.6) is 0 Å². The van der Waals surface area contributed by atoms with Crippen LogP contribution in [0.2, 0.25) is 0 Å². The van der Waals surface area contributed by atoms with Gasteiger partial charge in [-0.05, 0) is 37.9 Å². The highest BCUT2D eigenvalue weighted by Crippen LogP contribution is 2.40. The van der Waals surface area contributed by atoms with Crippen molar-refractivity contribution in [2.45, 2.75) is 50.7 Å². The first-order valence-corrected chi connectivity index (χ1v) is 8.19. The van der Waals surface area contributed by atoms with Gasteiger partial charge in [0.2, 0.25) is 0 Å². The first-order chi connectivity index (χ1) is 8.55. The molecule has 3 rings (SSSR count). The topological polar surface area (TPSA) is 47.9 Å². The Morgan fingerprint density at radius 1 is 1.28 bits per heavy atom. The molecule has 3 fully saturated rings. The van der Waals surface area contributed by atoms with Crippen LogP contribution in [0.4, 0.5) is 0 Å². The van der Waals surface area contributed by atoms with Crippen molar-refractivity contribution in [3.63, 3.8) is 0 Å². The van der Waals surface area contributed by atoms with Crippen LogP contribution in [-0.4, -0.2) is 47.0 Å². The molecule has 0 radical (unpaired) electrons. The van der Waals surface area contributed by atoms with Crippen molar-refractivity contribution in [3.05, 3.63) is 10.3 Å². The van der Waals surface area contributed by atoms with Gasteiger partial charge in [0.15, 0.2) is 12.1 Å². The second kappa shape index (κ2) is 5.00. The summed E-state index contributed by atoms with van der Waals surface area (Å²) >= 11 is 3.66. The Balaban J connectivity index is 1.67. The summed E-state index contributed by atoms with van der Waals surface area (Å²) in [6, 6.07) is 0. The fourth-order valence-corrected chi connectivity index (χ4v) is 4.79. The molecule has 0 aliphatic carbocycles. The maximum absolute atomic E-state index is 10.2. The van der Waals surface area contributed by atoms with E-state index in [9.17, 15) is 5.11 Å². The molecule has 0 amide bonds. The highest BCUT2D eigenvalue weighted by Gasteiger charge is 2.53. The molecule has 0 unspecified atom stereocenters. The van der Waals surface area contributed by atoms with E-state index in [2.05, 4.69) is 0 Å². The van der Waals surface area contributed by atoms with Gasteiger partial charge >= 0.3 is 0 Å². The predicted molar refractivity (Wildman–Crippen MR) is 72.3 cm³/mol. The zero-order valence-corrected chi connectivity index (χ0v) is 12.1. The van der Waals surface area contributed by atoms with Crippen LogP contribution in [-0.2, 0) is 14.2 Å². The van der Waals surface area contributed by atoms with Crippen molar-refractivity contribution in [1.29, 1.82) is 0 Å². The summed E-state index contributed by atoms with van der Waals surface area (Å²) < 4.78 is 18.3. The number of ether oxygens (including phenoxy) is 3. The van der Waals surface area contributed by atoms with Crippen LogP contribution in [0.15, 0.2) is 10.3 Å². The molecule has 1 N–H and O–H groups in total. The van der Waals surface area contributed by atoms with Gasteiger partial charge in [-0.2, -0.15) is 0 Å². The third kappa shape index (κ3) is 2.59. The van der Waals surface area contributed by atoms with E-state index >= 15 is 0 Å². The van der Waals surface area contributed by atoms with Crippen LogP contribution < -0.4 is 0 Å². The molecule has 0 saturated carbocycles. The molecule has 3 aliphatic rings. The third-order valence-electron chi connectivity index (χ3n) is 3.13. The molecule has 3 aliphatic heterocycles. The number of rotatable bonds is 1. The van der Waals surface area contributed by atoms with Crippen molar-refractivity contribution in [2.24, 2.45) is 0 Å². The van der Waals surface area contributed by atoms with E-state index < -0.39 is 18.2 Å². The number of aliphatic hydroxyl groups is 1. The molecule has 102 valence electrons. The van der Waals surface area contributed by atoms with Gasteiger partial charge in [0.05, 0.1) is 0 Å². The Kier molecular flexibility index (Phi) is 3.68. The molecule has 6 heteroatoms. The summed E-state index contributed by atoms with van der Waals surface area (Å²) in [5, 5.41) is 10.2. The minimum absolute atomic E-state index is 0.316. The van der Waals surface area contributed by atoms with Crippen molar-refractivity contribution < 1.29 is 19.3 Å². The molecular formula is C12H18O4S2. The van der Waals surface area contributed by atoms with Gasteiger partial charge in [0.25, 0.3) is 0 Å². The molecule has 4 atom stereocenters. The van der Waals surface area contributed by atoms with Crippen molar-refractivity contribution in [1.82, 2.24) is 0 Å². The summed E-state index contributed by atoms with van der Waals surface area (Å²) in [6.07, 6.45) is 1.47. The standard InChI is InChI=1S/C12H18O4S2/c1-12(2)15-10-9(13)7(14-11(10)16-12)6-8-17-4-3-5-18-8/h6-7,9-11,13H,3-5H2,1-2H3/t7-,9+,10-,11-/m1/s1. The Labute approximate surface area is 115 Å². The smallest absolute Gasteiger partial charge is 0.190 e. The van der Waals surface area contributed by atoms with Gasteiger partial charge in [-0.1, -0.05) is 0 Å². The van der Waals surface area contributed by atoms with Crippen LogP contribution in [0.1, 0.15) is 20.3 Å². The first-order valence-electron chi connectivity index (χ1n) is 6.22. The van der Waals surface area contributed by atoms with Crippen LogP contribution in [0.3, 0.4) is 0 Å². The molecule has 0 spiro atoms. The number of hydrogen-bond donors (Lipinski definition) is 1. The Hall–Kier alpha value is 0.280. The Morgan fingerprint density at radius 3 is 2.67 bits per heavy atom. The van der Waals surface area contributed by atoms with Gasteiger partial charge in [-0.25, -0.2) is 0 Å². The largest absolute Gasteiger partial charge is 0.387 e. The van der Waals surface area contributed by atoms with Crippen LogP contribution in [0, 0.1) is 0 Å². The van der Waals surface area contributed by atoms with Crippen LogP contribution >= 0.6 is 23.5 Å². The lowest BCUT2D eigenvalue weighted by molar-refractivity contribution is -0.209. The Morgan fingerprint density at radius 2 is 2.00 bits per heavy atom. The fourth-order valence-electron chi connectivity index (χ4n) is 2.33. The molecule has 4 nitrogen and oxygen atoms in total. The van der Waals surface area contributed by atoms with E-state index in [1.165, 1.54) is 10.7 Å². The predicted octanol–water partition coefficient (Wildman–Crippen LogP) is 1.94. The molecule has 3 saturated heterocycles. The van der Waals surface area contributed by atoms with Gasteiger partial charge in [0.1, 0.15) is 18.3 Å². The van der Waals surface area contributed by atoms with E-state index in [0.717, 1.165) is 11.5 Å². The summed E-state index contributed by atoms with van der Waals surface area (Å²) in [5.74, 6) is 1.63. The summed E-state index contributed by atoms with van der Waals surface area (Å²) in [7, 11) is 0. The number of hydrogen-bond acceptors (Lipinski definition) is 6. The van der Waals surface area contributed by atoms with Crippen molar-refractivity contribution in [2.75, 3.05) is 11.5 Å². The minimum Gasteiger partial charge on any atom is -0.387 e. The summed E-state index contributed by atoms with van der Waals surface area (Å²) in [6.45, 7) is 3.67. The van der Waals surface area contributed by atoms with Gasteiger partial charge < -0.3 is 19.3 Å². The van der Waals surface area contributed by atoms with Crippen LogP contribution in [0.25, 0.3) is 0 Å². The molecule has 0 aromatic rings.